The van der Waals surface area contributed by atoms with Gasteiger partial charge in [-0.25, -0.2) is 9.59 Å². The number of aliphatic hydroxyl groups excluding tert-OH is 1. The molecule has 8 heteroatoms. The number of hydrogen-bond acceptors (Lipinski definition) is 7. The lowest BCUT2D eigenvalue weighted by atomic mass is 9.39. The minimum Gasteiger partial charge on any atom is -0.478 e. The number of Topliss-reactive ketones (excluding diaryl/α,β-unsaturated/α-hetero) is 1. The van der Waals surface area contributed by atoms with Crippen LogP contribution < -0.4 is 0 Å². The Bertz CT molecular complexity index is 1310. The monoisotopic (exact) mass is 536 g/mol. The number of aliphatic hydroxyl groups is 2. The fourth-order valence-electron chi connectivity index (χ4n) is 8.64. The quantitative estimate of drug-likeness (QED) is 0.484. The van der Waals surface area contributed by atoms with E-state index >= 15 is 0 Å². The Morgan fingerprint density at radius 1 is 1.05 bits per heavy atom. The summed E-state index contributed by atoms with van der Waals surface area (Å²) in [6, 6.07) is 5.20. The van der Waals surface area contributed by atoms with Crippen LogP contribution in [-0.4, -0.2) is 57.1 Å². The predicted octanol–water partition coefficient (Wildman–Crippen LogP) is 3.76. The second-order valence-electron chi connectivity index (χ2n) is 12.6. The zero-order chi connectivity index (χ0) is 28.5. The van der Waals surface area contributed by atoms with Gasteiger partial charge in [0.1, 0.15) is 5.60 Å². The molecule has 0 spiro atoms. The SMILES string of the molecule is C[C@@H]1C[C@H]2[C@@H]3CCC4=CC(=O)C=C[C@]4(C)[C@@]3(C)[C@@H](O)C[C@]2(C)[C@@]1(O)C(=O)COC(=O)c1ccc(C(=O)O)cc1. The van der Waals surface area contributed by atoms with Crippen molar-refractivity contribution in [1.82, 2.24) is 0 Å². The highest BCUT2D eigenvalue weighted by molar-refractivity contribution is 6.01. The lowest BCUT2D eigenvalue weighted by Gasteiger charge is -2.65. The summed E-state index contributed by atoms with van der Waals surface area (Å²) in [5.74, 6) is -3.02. The molecule has 4 aliphatic carbocycles. The number of carbonyl (C=O) groups is 4. The molecule has 0 saturated heterocycles. The van der Waals surface area contributed by atoms with Crippen molar-refractivity contribution < 1.29 is 39.2 Å². The minimum absolute atomic E-state index is 0.00540. The number of hydrogen-bond donors (Lipinski definition) is 3. The molecule has 0 unspecified atom stereocenters. The first-order valence-corrected chi connectivity index (χ1v) is 13.6. The molecule has 208 valence electrons. The molecule has 3 fully saturated rings. The van der Waals surface area contributed by atoms with E-state index in [9.17, 15) is 29.4 Å². The maximum absolute atomic E-state index is 13.6. The van der Waals surface area contributed by atoms with Crippen LogP contribution in [0, 0.1) is 34.0 Å². The lowest BCUT2D eigenvalue weighted by molar-refractivity contribution is -0.208. The van der Waals surface area contributed by atoms with E-state index in [0.29, 0.717) is 12.8 Å². The van der Waals surface area contributed by atoms with Gasteiger partial charge in [-0.2, -0.15) is 0 Å². The normalized spacial score (nSPS) is 40.7. The van der Waals surface area contributed by atoms with E-state index < -0.39 is 58.2 Å². The van der Waals surface area contributed by atoms with Crippen LogP contribution in [0.4, 0.5) is 0 Å². The van der Waals surface area contributed by atoms with Crippen molar-refractivity contribution in [1.29, 1.82) is 0 Å². The van der Waals surface area contributed by atoms with Crippen LogP contribution in [0.5, 0.6) is 0 Å². The summed E-state index contributed by atoms with van der Waals surface area (Å²) in [6.07, 6.45) is 6.62. The number of rotatable bonds is 5. The van der Waals surface area contributed by atoms with Gasteiger partial charge in [-0.3, -0.25) is 9.59 Å². The molecule has 0 radical (unpaired) electrons. The summed E-state index contributed by atoms with van der Waals surface area (Å²) in [5.41, 5.74) is -2.68. The highest BCUT2D eigenvalue weighted by Crippen LogP contribution is 2.72. The van der Waals surface area contributed by atoms with Crippen molar-refractivity contribution in [2.45, 2.75) is 65.1 Å². The number of ketones is 2. The van der Waals surface area contributed by atoms with Gasteiger partial charge in [0.2, 0.25) is 5.78 Å². The smallest absolute Gasteiger partial charge is 0.338 e. The third-order valence-corrected chi connectivity index (χ3v) is 11.1. The zero-order valence-corrected chi connectivity index (χ0v) is 22.8. The second-order valence-corrected chi connectivity index (χ2v) is 12.6. The van der Waals surface area contributed by atoms with Crippen molar-refractivity contribution in [2.24, 2.45) is 34.0 Å². The zero-order valence-electron chi connectivity index (χ0n) is 22.8. The predicted molar refractivity (Wildman–Crippen MR) is 141 cm³/mol. The van der Waals surface area contributed by atoms with E-state index in [4.69, 9.17) is 9.84 Å². The van der Waals surface area contributed by atoms with Gasteiger partial charge in [-0.15, -0.1) is 0 Å². The van der Waals surface area contributed by atoms with Crippen LogP contribution >= 0.6 is 0 Å². The third-order valence-electron chi connectivity index (χ3n) is 11.1. The maximum Gasteiger partial charge on any atom is 0.338 e. The van der Waals surface area contributed by atoms with Gasteiger partial charge in [0, 0.05) is 16.2 Å². The first-order chi connectivity index (χ1) is 18.2. The van der Waals surface area contributed by atoms with E-state index in [1.807, 2.05) is 19.9 Å². The number of carboxylic acid groups (broad SMARTS) is 1. The number of esters is 1. The van der Waals surface area contributed by atoms with Gasteiger partial charge in [-0.05, 0) is 79.9 Å². The summed E-state index contributed by atoms with van der Waals surface area (Å²) in [5, 5.41) is 32.9. The standard InChI is InChI=1S/C31H36O8/c1-17-13-23-22-10-9-20-14-21(32)11-12-28(20,2)30(22,4)24(33)15-29(23,3)31(17,38)25(34)16-39-27(37)19-7-5-18(6-8-19)26(35)36/h5-8,11-12,14,17,22-24,33,38H,9-10,13,15-16H2,1-4H3,(H,35,36)/t17-,22+,23+,24+,28+,29+,30-,31+/m1/s1. The molecule has 8 atom stereocenters. The molecule has 0 amide bonds. The maximum atomic E-state index is 13.6. The van der Waals surface area contributed by atoms with E-state index in [2.05, 4.69) is 13.8 Å². The number of allylic oxidation sites excluding steroid dienone is 4. The fourth-order valence-corrected chi connectivity index (χ4v) is 8.64. The second kappa shape index (κ2) is 8.96. The van der Waals surface area contributed by atoms with Gasteiger partial charge in [0.25, 0.3) is 0 Å². The molecule has 5 rings (SSSR count). The number of carbonyl (C=O) groups excluding carboxylic acids is 3. The molecule has 1 aromatic carbocycles. The lowest BCUT2D eigenvalue weighted by Crippen LogP contribution is -2.66. The molecule has 8 nitrogen and oxygen atoms in total. The van der Waals surface area contributed by atoms with Crippen molar-refractivity contribution in [3.8, 4) is 0 Å². The van der Waals surface area contributed by atoms with Crippen molar-refractivity contribution in [2.75, 3.05) is 6.61 Å². The average molecular weight is 537 g/mol. The number of benzene rings is 1. The third kappa shape index (κ3) is 3.64. The Labute approximate surface area is 227 Å². The summed E-state index contributed by atoms with van der Waals surface area (Å²) in [4.78, 5) is 49.4. The Morgan fingerprint density at radius 2 is 1.69 bits per heavy atom. The molecule has 4 aliphatic rings. The molecule has 3 N–H and O–H groups in total. The Kier molecular flexibility index (Phi) is 6.31. The summed E-state index contributed by atoms with van der Waals surface area (Å²) < 4.78 is 5.28. The van der Waals surface area contributed by atoms with Crippen LogP contribution in [0.1, 0.15) is 74.1 Å². The summed E-state index contributed by atoms with van der Waals surface area (Å²) in [6.45, 7) is 7.25. The Balaban J connectivity index is 1.40. The molecule has 1 aromatic rings. The fraction of sp³-hybridized carbons (Fsp3) is 0.548. The number of fused-ring (bicyclic) bond motifs is 5. The number of carboxylic acids is 1. The van der Waals surface area contributed by atoms with E-state index in [1.54, 1.807) is 12.2 Å². The molecule has 0 heterocycles. The minimum atomic E-state index is -1.80. The molecular weight excluding hydrogens is 500 g/mol. The molecule has 0 aromatic heterocycles. The van der Waals surface area contributed by atoms with E-state index in [-0.39, 0.29) is 35.2 Å². The first-order valence-electron chi connectivity index (χ1n) is 13.6. The molecule has 3 saturated carbocycles. The molecule has 39 heavy (non-hydrogen) atoms. The summed E-state index contributed by atoms with van der Waals surface area (Å²) in [7, 11) is 0. The highest BCUT2D eigenvalue weighted by Gasteiger charge is 2.73. The van der Waals surface area contributed by atoms with Gasteiger partial charge < -0.3 is 20.1 Å². The van der Waals surface area contributed by atoms with Crippen molar-refractivity contribution in [3.63, 3.8) is 0 Å². The topological polar surface area (TPSA) is 138 Å². The van der Waals surface area contributed by atoms with Crippen LogP contribution in [0.15, 0.2) is 48.1 Å². The van der Waals surface area contributed by atoms with Gasteiger partial charge >= 0.3 is 11.9 Å². The van der Waals surface area contributed by atoms with Crippen LogP contribution in [0.25, 0.3) is 0 Å². The van der Waals surface area contributed by atoms with Gasteiger partial charge in [-0.1, -0.05) is 39.3 Å². The average Bonchev–Trinajstić information content (AvgIpc) is 3.09. The molecular formula is C31H36O8. The number of ether oxygens (including phenoxy) is 1. The number of aromatic carboxylic acids is 1. The van der Waals surface area contributed by atoms with Gasteiger partial charge in [0.15, 0.2) is 12.4 Å². The van der Waals surface area contributed by atoms with E-state index in [1.165, 1.54) is 24.3 Å². The highest BCUT2D eigenvalue weighted by atomic mass is 16.5. The van der Waals surface area contributed by atoms with Gasteiger partial charge in [0.05, 0.1) is 17.2 Å². The molecule has 0 bridgehead atoms. The summed E-state index contributed by atoms with van der Waals surface area (Å²) >= 11 is 0. The van der Waals surface area contributed by atoms with Crippen molar-refractivity contribution in [3.05, 3.63) is 59.2 Å². The largest absolute Gasteiger partial charge is 0.478 e. The van der Waals surface area contributed by atoms with E-state index in [0.717, 1.165) is 12.0 Å². The van der Waals surface area contributed by atoms with Crippen LogP contribution in [-0.2, 0) is 14.3 Å². The Hall–Kier alpha value is -3.10. The van der Waals surface area contributed by atoms with Crippen LogP contribution in [0.3, 0.4) is 0 Å². The van der Waals surface area contributed by atoms with Crippen molar-refractivity contribution >= 4 is 23.5 Å². The molecule has 0 aliphatic heterocycles. The first kappa shape index (κ1) is 27.5. The van der Waals surface area contributed by atoms with Crippen LogP contribution in [0.2, 0.25) is 0 Å². The Morgan fingerprint density at radius 3 is 2.33 bits per heavy atom.